The highest BCUT2D eigenvalue weighted by Crippen LogP contribution is 2.30. The van der Waals surface area contributed by atoms with E-state index in [0.29, 0.717) is 18.4 Å². The fourth-order valence-corrected chi connectivity index (χ4v) is 3.15. The normalized spacial score (nSPS) is 23.4. The summed E-state index contributed by atoms with van der Waals surface area (Å²) in [5, 5.41) is 23.2. The van der Waals surface area contributed by atoms with Crippen molar-refractivity contribution in [3.8, 4) is 0 Å². The van der Waals surface area contributed by atoms with Crippen LogP contribution >= 0.6 is 11.3 Å². The van der Waals surface area contributed by atoms with E-state index < -0.39 is 5.97 Å². The molecule has 0 aliphatic heterocycles. The molecule has 1 aliphatic rings. The van der Waals surface area contributed by atoms with Gasteiger partial charge >= 0.3 is 5.97 Å². The first-order chi connectivity index (χ1) is 8.70. The molecule has 18 heavy (non-hydrogen) atoms. The maximum atomic E-state index is 10.7. The second-order valence-electron chi connectivity index (χ2n) is 4.71. The third kappa shape index (κ3) is 3.28. The highest BCUT2D eigenvalue weighted by molar-refractivity contribution is 7.11. The van der Waals surface area contributed by atoms with Crippen molar-refractivity contribution in [2.45, 2.75) is 25.8 Å². The summed E-state index contributed by atoms with van der Waals surface area (Å²) in [7, 11) is 0. The second-order valence-corrected chi connectivity index (χ2v) is 5.57. The third-order valence-electron chi connectivity index (χ3n) is 3.50. The Kier molecular flexibility index (Phi) is 4.68. The van der Waals surface area contributed by atoms with Crippen LogP contribution in [0.15, 0.2) is 5.38 Å². The Hall–Kier alpha value is -0.980. The van der Waals surface area contributed by atoms with Crippen molar-refractivity contribution in [3.63, 3.8) is 0 Å². The zero-order valence-electron chi connectivity index (χ0n) is 10.1. The topological polar surface area (TPSA) is 82.5 Å². The fourth-order valence-electron chi connectivity index (χ4n) is 2.49. The van der Waals surface area contributed by atoms with Crippen LogP contribution in [0.4, 0.5) is 0 Å². The van der Waals surface area contributed by atoms with Crippen LogP contribution in [0.25, 0.3) is 0 Å². The predicted molar refractivity (Wildman–Crippen MR) is 68.7 cm³/mol. The molecule has 1 aromatic heterocycles. The molecule has 0 spiro atoms. The monoisotopic (exact) mass is 270 g/mol. The molecule has 1 aromatic rings. The maximum Gasteiger partial charge on any atom is 0.365 e. The molecule has 0 bridgehead atoms. The molecule has 2 atom stereocenters. The summed E-state index contributed by atoms with van der Waals surface area (Å²) >= 11 is 1.15. The molecule has 1 heterocycles. The summed E-state index contributed by atoms with van der Waals surface area (Å²) in [5.74, 6) is -0.0162. The first-order valence-corrected chi connectivity index (χ1v) is 7.08. The average molecular weight is 270 g/mol. The number of aliphatic hydroxyl groups is 1. The van der Waals surface area contributed by atoms with Crippen LogP contribution in [0.5, 0.6) is 0 Å². The van der Waals surface area contributed by atoms with Crippen molar-refractivity contribution in [1.29, 1.82) is 0 Å². The van der Waals surface area contributed by atoms with Crippen LogP contribution in [-0.2, 0) is 6.54 Å². The van der Waals surface area contributed by atoms with E-state index in [2.05, 4.69) is 10.3 Å². The largest absolute Gasteiger partial charge is 0.476 e. The molecule has 0 saturated heterocycles. The number of thiazole rings is 1. The first kappa shape index (κ1) is 13.5. The zero-order chi connectivity index (χ0) is 13.0. The quantitative estimate of drug-likeness (QED) is 0.726. The number of aromatic nitrogens is 1. The minimum absolute atomic E-state index is 0.140. The molecule has 0 amide bonds. The van der Waals surface area contributed by atoms with Gasteiger partial charge in [-0.05, 0) is 31.2 Å². The number of nitrogens with one attached hydrogen (secondary N) is 1. The number of rotatable bonds is 6. The number of carboxylic acids is 1. The Morgan fingerprint density at radius 2 is 2.28 bits per heavy atom. The van der Waals surface area contributed by atoms with Crippen LogP contribution in [0, 0.1) is 11.8 Å². The van der Waals surface area contributed by atoms with Crippen LogP contribution in [0.1, 0.15) is 34.8 Å². The summed E-state index contributed by atoms with van der Waals surface area (Å²) in [6, 6.07) is 0. The van der Waals surface area contributed by atoms with Gasteiger partial charge in [-0.3, -0.25) is 0 Å². The standard InChI is InChI=1S/C12H18N2O3S/c15-6-9-3-1-2-8(9)4-13-5-10-7-18-11(14-10)12(16)17/h7-9,13,15H,1-6H2,(H,16,17). The Balaban J connectivity index is 1.76. The molecular weight excluding hydrogens is 252 g/mol. The summed E-state index contributed by atoms with van der Waals surface area (Å²) < 4.78 is 0. The molecule has 3 N–H and O–H groups in total. The molecule has 2 unspecified atom stereocenters. The molecule has 1 saturated carbocycles. The van der Waals surface area contributed by atoms with Crippen LogP contribution < -0.4 is 5.32 Å². The lowest BCUT2D eigenvalue weighted by Gasteiger charge is -2.17. The molecular formula is C12H18N2O3S. The lowest BCUT2D eigenvalue weighted by Crippen LogP contribution is -2.26. The SMILES string of the molecule is O=C(O)c1nc(CNCC2CCCC2CO)cs1. The smallest absolute Gasteiger partial charge is 0.365 e. The maximum absolute atomic E-state index is 10.7. The van der Waals surface area contributed by atoms with Gasteiger partial charge in [-0.2, -0.15) is 0 Å². The molecule has 2 rings (SSSR count). The minimum Gasteiger partial charge on any atom is -0.476 e. The van der Waals surface area contributed by atoms with Gasteiger partial charge in [0.05, 0.1) is 5.69 Å². The van der Waals surface area contributed by atoms with Gasteiger partial charge in [-0.25, -0.2) is 9.78 Å². The minimum atomic E-state index is -0.970. The Morgan fingerprint density at radius 3 is 2.94 bits per heavy atom. The van der Waals surface area contributed by atoms with E-state index in [9.17, 15) is 9.90 Å². The van der Waals surface area contributed by atoms with E-state index in [4.69, 9.17) is 5.11 Å². The van der Waals surface area contributed by atoms with Gasteiger partial charge < -0.3 is 15.5 Å². The van der Waals surface area contributed by atoms with Crippen molar-refractivity contribution in [1.82, 2.24) is 10.3 Å². The molecule has 1 aliphatic carbocycles. The highest BCUT2D eigenvalue weighted by atomic mass is 32.1. The Labute approximate surface area is 110 Å². The molecule has 6 heteroatoms. The molecule has 0 radical (unpaired) electrons. The van der Waals surface area contributed by atoms with Gasteiger partial charge in [0, 0.05) is 18.5 Å². The van der Waals surface area contributed by atoms with Gasteiger partial charge in [0.25, 0.3) is 0 Å². The molecule has 5 nitrogen and oxygen atoms in total. The number of aliphatic hydroxyl groups excluding tert-OH is 1. The summed E-state index contributed by atoms with van der Waals surface area (Å²) in [4.78, 5) is 14.7. The number of hydrogen-bond donors (Lipinski definition) is 3. The number of nitrogens with zero attached hydrogens (tertiary/aromatic N) is 1. The number of hydrogen-bond acceptors (Lipinski definition) is 5. The summed E-state index contributed by atoms with van der Waals surface area (Å²) in [6.45, 7) is 1.73. The van der Waals surface area contributed by atoms with E-state index in [-0.39, 0.29) is 11.6 Å². The van der Waals surface area contributed by atoms with Crippen molar-refractivity contribution in [2.75, 3.05) is 13.2 Å². The van der Waals surface area contributed by atoms with Gasteiger partial charge in [0.2, 0.25) is 5.01 Å². The van der Waals surface area contributed by atoms with E-state index in [0.717, 1.165) is 36.4 Å². The number of carbonyl (C=O) groups is 1. The Morgan fingerprint density at radius 1 is 1.50 bits per heavy atom. The van der Waals surface area contributed by atoms with Gasteiger partial charge in [-0.15, -0.1) is 11.3 Å². The van der Waals surface area contributed by atoms with Gasteiger partial charge in [-0.1, -0.05) is 6.42 Å². The van der Waals surface area contributed by atoms with Crippen molar-refractivity contribution < 1.29 is 15.0 Å². The van der Waals surface area contributed by atoms with Gasteiger partial charge in [0.15, 0.2) is 0 Å². The summed E-state index contributed by atoms with van der Waals surface area (Å²) in [6.07, 6.45) is 3.47. The fraction of sp³-hybridized carbons (Fsp3) is 0.667. The van der Waals surface area contributed by atoms with Crippen LogP contribution in [0.3, 0.4) is 0 Å². The Bertz CT molecular complexity index is 408. The van der Waals surface area contributed by atoms with Crippen molar-refractivity contribution >= 4 is 17.3 Å². The summed E-state index contributed by atoms with van der Waals surface area (Å²) in [5.41, 5.74) is 0.774. The number of aromatic carboxylic acids is 1. The lowest BCUT2D eigenvalue weighted by atomic mass is 9.97. The highest BCUT2D eigenvalue weighted by Gasteiger charge is 2.25. The predicted octanol–water partition coefficient (Wildman–Crippen LogP) is 1.34. The zero-order valence-corrected chi connectivity index (χ0v) is 10.9. The first-order valence-electron chi connectivity index (χ1n) is 6.20. The molecule has 0 aromatic carbocycles. The third-order valence-corrected chi connectivity index (χ3v) is 4.38. The van der Waals surface area contributed by atoms with Crippen molar-refractivity contribution in [3.05, 3.63) is 16.1 Å². The van der Waals surface area contributed by atoms with E-state index in [1.807, 2.05) is 0 Å². The van der Waals surface area contributed by atoms with Gasteiger partial charge in [0.1, 0.15) is 0 Å². The average Bonchev–Trinajstić information content (AvgIpc) is 2.97. The lowest BCUT2D eigenvalue weighted by molar-refractivity contribution is 0.0696. The second kappa shape index (κ2) is 6.26. The van der Waals surface area contributed by atoms with Crippen molar-refractivity contribution in [2.24, 2.45) is 11.8 Å². The molecule has 1 fully saturated rings. The van der Waals surface area contributed by atoms with E-state index in [1.165, 1.54) is 6.42 Å². The van der Waals surface area contributed by atoms with E-state index >= 15 is 0 Å². The van der Waals surface area contributed by atoms with E-state index in [1.54, 1.807) is 5.38 Å². The molecule has 100 valence electrons. The van der Waals surface area contributed by atoms with Crippen LogP contribution in [-0.4, -0.2) is 34.3 Å². The number of carboxylic acid groups (broad SMARTS) is 1. The van der Waals surface area contributed by atoms with Crippen LogP contribution in [0.2, 0.25) is 0 Å².